The lowest BCUT2D eigenvalue weighted by Crippen LogP contribution is -2.50. The molecule has 1 aliphatic rings. The van der Waals surface area contributed by atoms with E-state index in [1.807, 2.05) is 32.0 Å². The van der Waals surface area contributed by atoms with Gasteiger partial charge in [-0.3, -0.25) is 14.4 Å². The van der Waals surface area contributed by atoms with Crippen LogP contribution in [0.2, 0.25) is 0 Å². The van der Waals surface area contributed by atoms with E-state index in [9.17, 15) is 14.4 Å². The fourth-order valence-electron chi connectivity index (χ4n) is 3.19. The van der Waals surface area contributed by atoms with Crippen LogP contribution in [0.4, 0.5) is 5.69 Å². The van der Waals surface area contributed by atoms with Crippen molar-refractivity contribution < 1.29 is 14.4 Å². The third kappa shape index (κ3) is 4.39. The Morgan fingerprint density at radius 2 is 1.36 bits per heavy atom. The van der Waals surface area contributed by atoms with Crippen molar-refractivity contribution in [1.82, 2.24) is 9.80 Å². The van der Waals surface area contributed by atoms with Gasteiger partial charge in [0.15, 0.2) is 0 Å². The van der Waals surface area contributed by atoms with Gasteiger partial charge in [0.25, 0.3) is 11.8 Å². The van der Waals surface area contributed by atoms with Crippen LogP contribution in [0, 0.1) is 13.8 Å². The molecule has 1 N–H and O–H groups in total. The molecule has 0 aliphatic carbocycles. The molecule has 1 fully saturated rings. The van der Waals surface area contributed by atoms with Gasteiger partial charge in [-0.25, -0.2) is 0 Å². The van der Waals surface area contributed by atoms with Crippen LogP contribution < -0.4 is 5.32 Å². The van der Waals surface area contributed by atoms with E-state index in [0.717, 1.165) is 11.3 Å². The minimum absolute atomic E-state index is 0.0336. The number of piperazine rings is 1. The van der Waals surface area contributed by atoms with Gasteiger partial charge in [0, 0.05) is 49.9 Å². The SMILES string of the molecule is CC(=O)N1CCN(C(=O)c2ccc(C(=O)Nc3ccc(C)c(C)c3)cc2)CC1. The van der Waals surface area contributed by atoms with Crippen LogP contribution in [0.25, 0.3) is 0 Å². The van der Waals surface area contributed by atoms with Gasteiger partial charge in [-0.15, -0.1) is 0 Å². The van der Waals surface area contributed by atoms with Crippen LogP contribution in [0.1, 0.15) is 38.8 Å². The Kier molecular flexibility index (Phi) is 5.78. The lowest BCUT2D eigenvalue weighted by molar-refractivity contribution is -0.130. The zero-order valence-corrected chi connectivity index (χ0v) is 16.5. The predicted octanol–water partition coefficient (Wildman–Crippen LogP) is 2.86. The van der Waals surface area contributed by atoms with Gasteiger partial charge in [-0.05, 0) is 61.4 Å². The topological polar surface area (TPSA) is 69.7 Å². The molecule has 3 amide bonds. The summed E-state index contributed by atoms with van der Waals surface area (Å²) in [6, 6.07) is 12.5. The quantitative estimate of drug-likeness (QED) is 0.892. The Bertz CT molecular complexity index is 898. The Labute approximate surface area is 165 Å². The van der Waals surface area contributed by atoms with Crippen molar-refractivity contribution in [1.29, 1.82) is 0 Å². The first-order valence-electron chi connectivity index (χ1n) is 9.38. The Balaban J connectivity index is 1.62. The average molecular weight is 379 g/mol. The number of hydrogen-bond donors (Lipinski definition) is 1. The molecule has 1 aliphatic heterocycles. The highest BCUT2D eigenvalue weighted by molar-refractivity contribution is 6.05. The molecule has 0 aromatic heterocycles. The molecule has 2 aromatic carbocycles. The molecule has 1 saturated heterocycles. The molecule has 6 nitrogen and oxygen atoms in total. The molecule has 0 bridgehead atoms. The second-order valence-corrected chi connectivity index (χ2v) is 7.13. The maximum atomic E-state index is 12.6. The number of carbonyl (C=O) groups excluding carboxylic acids is 3. The van der Waals surface area contributed by atoms with Gasteiger partial charge in [0.1, 0.15) is 0 Å². The fraction of sp³-hybridized carbons (Fsp3) is 0.318. The zero-order valence-electron chi connectivity index (χ0n) is 16.5. The normalized spacial score (nSPS) is 14.0. The number of aryl methyl sites for hydroxylation is 2. The number of anilines is 1. The lowest BCUT2D eigenvalue weighted by Gasteiger charge is -2.34. The summed E-state index contributed by atoms with van der Waals surface area (Å²) >= 11 is 0. The molecular formula is C22H25N3O3. The molecule has 28 heavy (non-hydrogen) atoms. The molecule has 6 heteroatoms. The van der Waals surface area contributed by atoms with Gasteiger partial charge >= 0.3 is 0 Å². The van der Waals surface area contributed by atoms with Crippen molar-refractivity contribution in [2.75, 3.05) is 31.5 Å². The summed E-state index contributed by atoms with van der Waals surface area (Å²) in [5.74, 6) is -0.257. The number of amides is 3. The first kappa shape index (κ1) is 19.6. The van der Waals surface area contributed by atoms with Gasteiger partial charge in [0.2, 0.25) is 5.91 Å². The summed E-state index contributed by atoms with van der Waals surface area (Å²) in [4.78, 5) is 40.0. The highest BCUT2D eigenvalue weighted by Gasteiger charge is 2.23. The van der Waals surface area contributed by atoms with Gasteiger partial charge < -0.3 is 15.1 Å². The van der Waals surface area contributed by atoms with E-state index in [4.69, 9.17) is 0 Å². The maximum absolute atomic E-state index is 12.6. The third-order valence-electron chi connectivity index (χ3n) is 5.17. The van der Waals surface area contributed by atoms with E-state index in [1.165, 1.54) is 5.56 Å². The molecule has 0 radical (unpaired) electrons. The number of hydrogen-bond acceptors (Lipinski definition) is 3. The summed E-state index contributed by atoms with van der Waals surface area (Å²) in [5, 5.41) is 2.88. The van der Waals surface area contributed by atoms with Gasteiger partial charge in [0.05, 0.1) is 0 Å². The van der Waals surface area contributed by atoms with Gasteiger partial charge in [-0.2, -0.15) is 0 Å². The van der Waals surface area contributed by atoms with E-state index in [2.05, 4.69) is 5.32 Å². The first-order chi connectivity index (χ1) is 13.3. The van der Waals surface area contributed by atoms with Crippen LogP contribution in [-0.2, 0) is 4.79 Å². The predicted molar refractivity (Wildman–Crippen MR) is 108 cm³/mol. The highest BCUT2D eigenvalue weighted by Crippen LogP contribution is 2.16. The molecule has 0 saturated carbocycles. The molecule has 0 spiro atoms. The van der Waals surface area contributed by atoms with Crippen molar-refractivity contribution in [2.45, 2.75) is 20.8 Å². The molecule has 2 aromatic rings. The smallest absolute Gasteiger partial charge is 0.255 e. The van der Waals surface area contributed by atoms with Crippen molar-refractivity contribution in [3.63, 3.8) is 0 Å². The number of rotatable bonds is 3. The van der Waals surface area contributed by atoms with E-state index in [-0.39, 0.29) is 17.7 Å². The molecule has 0 unspecified atom stereocenters. The standard InChI is InChI=1S/C22H25N3O3/c1-15-4-9-20(14-16(15)2)23-21(27)18-5-7-19(8-6-18)22(28)25-12-10-24(11-13-25)17(3)26/h4-9,14H,10-13H2,1-3H3,(H,23,27). The summed E-state index contributed by atoms with van der Waals surface area (Å²) in [6.45, 7) is 7.72. The summed E-state index contributed by atoms with van der Waals surface area (Å²) in [7, 11) is 0. The van der Waals surface area contributed by atoms with E-state index >= 15 is 0 Å². The van der Waals surface area contributed by atoms with Crippen LogP contribution in [0.3, 0.4) is 0 Å². The Morgan fingerprint density at radius 1 is 0.786 bits per heavy atom. The van der Waals surface area contributed by atoms with Crippen LogP contribution >= 0.6 is 0 Å². The molecule has 146 valence electrons. The van der Waals surface area contributed by atoms with Crippen molar-refractivity contribution in [3.8, 4) is 0 Å². The highest BCUT2D eigenvalue weighted by atomic mass is 16.2. The second-order valence-electron chi connectivity index (χ2n) is 7.13. The Morgan fingerprint density at radius 3 is 1.93 bits per heavy atom. The fourth-order valence-corrected chi connectivity index (χ4v) is 3.19. The monoisotopic (exact) mass is 379 g/mol. The van der Waals surface area contributed by atoms with Crippen molar-refractivity contribution in [3.05, 3.63) is 64.7 Å². The second kappa shape index (κ2) is 8.25. The third-order valence-corrected chi connectivity index (χ3v) is 5.17. The van der Waals surface area contributed by atoms with Crippen LogP contribution in [0.15, 0.2) is 42.5 Å². The summed E-state index contributed by atoms with van der Waals surface area (Å²) < 4.78 is 0. The average Bonchev–Trinajstić information content (AvgIpc) is 2.70. The lowest BCUT2D eigenvalue weighted by atomic mass is 10.1. The summed E-state index contributed by atoms with van der Waals surface area (Å²) in [5.41, 5.74) is 4.07. The number of nitrogens with zero attached hydrogens (tertiary/aromatic N) is 2. The van der Waals surface area contributed by atoms with Crippen LogP contribution in [-0.4, -0.2) is 53.7 Å². The number of carbonyl (C=O) groups is 3. The summed E-state index contributed by atoms with van der Waals surface area (Å²) in [6.07, 6.45) is 0. The van der Waals surface area contributed by atoms with E-state index in [0.29, 0.717) is 37.3 Å². The van der Waals surface area contributed by atoms with Crippen molar-refractivity contribution >= 4 is 23.4 Å². The number of nitrogens with one attached hydrogen (secondary N) is 1. The van der Waals surface area contributed by atoms with E-state index < -0.39 is 0 Å². The van der Waals surface area contributed by atoms with Gasteiger partial charge in [-0.1, -0.05) is 6.07 Å². The minimum atomic E-state index is -0.211. The molecule has 3 rings (SSSR count). The van der Waals surface area contributed by atoms with Crippen molar-refractivity contribution in [2.24, 2.45) is 0 Å². The maximum Gasteiger partial charge on any atom is 0.255 e. The molecule has 0 atom stereocenters. The molecular weight excluding hydrogens is 354 g/mol. The Hall–Kier alpha value is -3.15. The van der Waals surface area contributed by atoms with Crippen LogP contribution in [0.5, 0.6) is 0 Å². The first-order valence-corrected chi connectivity index (χ1v) is 9.38. The largest absolute Gasteiger partial charge is 0.339 e. The minimum Gasteiger partial charge on any atom is -0.339 e. The molecule has 1 heterocycles. The van der Waals surface area contributed by atoms with E-state index in [1.54, 1.807) is 41.0 Å². The number of benzene rings is 2. The zero-order chi connectivity index (χ0) is 20.3.